The van der Waals surface area contributed by atoms with E-state index in [-0.39, 0.29) is 16.0 Å². The van der Waals surface area contributed by atoms with E-state index in [1.165, 1.54) is 23.5 Å². The molecule has 1 N–H and O–H groups in total. The molecule has 0 aliphatic carbocycles. The van der Waals surface area contributed by atoms with Crippen molar-refractivity contribution in [1.29, 1.82) is 0 Å². The van der Waals surface area contributed by atoms with Crippen molar-refractivity contribution in [2.24, 2.45) is 0 Å². The third kappa shape index (κ3) is 3.49. The van der Waals surface area contributed by atoms with E-state index in [1.807, 2.05) is 17.5 Å². The van der Waals surface area contributed by atoms with Crippen LogP contribution in [0, 0.1) is 0 Å². The fourth-order valence-electron chi connectivity index (χ4n) is 1.58. The SMILES string of the molecule is C[C@H](NS(=O)(=O)c1cc(Cl)ccc1Cl)c1cccs1. The molecule has 0 bridgehead atoms. The summed E-state index contributed by atoms with van der Waals surface area (Å²) in [5, 5.41) is 2.37. The Hall–Kier alpha value is -0.590. The van der Waals surface area contributed by atoms with Gasteiger partial charge >= 0.3 is 0 Å². The van der Waals surface area contributed by atoms with Crippen LogP contribution in [-0.4, -0.2) is 8.42 Å². The minimum absolute atomic E-state index is 0.00919. The van der Waals surface area contributed by atoms with Gasteiger partial charge in [0.15, 0.2) is 0 Å². The molecule has 0 amide bonds. The molecule has 102 valence electrons. The van der Waals surface area contributed by atoms with E-state index in [0.29, 0.717) is 5.02 Å². The van der Waals surface area contributed by atoms with Gasteiger partial charge in [0.2, 0.25) is 10.0 Å². The van der Waals surface area contributed by atoms with Gasteiger partial charge in [0.05, 0.1) is 11.1 Å². The standard InChI is InChI=1S/C12H11Cl2NO2S2/c1-8(11-3-2-6-18-11)15-19(16,17)12-7-9(13)4-5-10(12)14/h2-8,15H,1H3/t8-/m0/s1. The lowest BCUT2D eigenvalue weighted by atomic mass is 10.3. The quantitative estimate of drug-likeness (QED) is 0.914. The molecule has 0 saturated heterocycles. The van der Waals surface area contributed by atoms with Crippen molar-refractivity contribution in [2.45, 2.75) is 17.9 Å². The summed E-state index contributed by atoms with van der Waals surface area (Å²) in [6.45, 7) is 1.78. The Balaban J connectivity index is 2.30. The molecule has 0 spiro atoms. The van der Waals surface area contributed by atoms with Gasteiger partial charge in [-0.15, -0.1) is 11.3 Å². The highest BCUT2D eigenvalue weighted by molar-refractivity contribution is 7.89. The topological polar surface area (TPSA) is 46.2 Å². The van der Waals surface area contributed by atoms with E-state index in [4.69, 9.17) is 23.2 Å². The molecule has 2 aromatic rings. The number of hydrogen-bond acceptors (Lipinski definition) is 3. The molecule has 1 atom stereocenters. The summed E-state index contributed by atoms with van der Waals surface area (Å²) in [5.41, 5.74) is 0. The van der Waals surface area contributed by atoms with Crippen LogP contribution in [0.4, 0.5) is 0 Å². The van der Waals surface area contributed by atoms with Gasteiger partial charge < -0.3 is 0 Å². The average molecular weight is 336 g/mol. The Kier molecular flexibility index (Phi) is 4.53. The van der Waals surface area contributed by atoms with Crippen molar-refractivity contribution >= 4 is 44.6 Å². The molecule has 0 saturated carbocycles. The van der Waals surface area contributed by atoms with Gasteiger partial charge in [-0.3, -0.25) is 0 Å². The van der Waals surface area contributed by atoms with Gasteiger partial charge in [0.25, 0.3) is 0 Å². The first kappa shape index (κ1) is 14.8. The molecule has 0 radical (unpaired) electrons. The molecule has 0 unspecified atom stereocenters. The molecule has 3 nitrogen and oxygen atoms in total. The van der Waals surface area contributed by atoms with Crippen LogP contribution in [0.15, 0.2) is 40.6 Å². The monoisotopic (exact) mass is 335 g/mol. The average Bonchev–Trinajstić information content (AvgIpc) is 2.85. The summed E-state index contributed by atoms with van der Waals surface area (Å²) in [7, 11) is -3.70. The van der Waals surface area contributed by atoms with Crippen LogP contribution in [-0.2, 0) is 10.0 Å². The Morgan fingerprint density at radius 3 is 2.63 bits per heavy atom. The van der Waals surface area contributed by atoms with Crippen LogP contribution in [0.1, 0.15) is 17.8 Å². The number of hydrogen-bond donors (Lipinski definition) is 1. The largest absolute Gasteiger partial charge is 0.242 e. The maximum atomic E-state index is 12.3. The van der Waals surface area contributed by atoms with Crippen LogP contribution in [0.2, 0.25) is 10.0 Å². The highest BCUT2D eigenvalue weighted by atomic mass is 35.5. The maximum absolute atomic E-state index is 12.3. The van der Waals surface area contributed by atoms with E-state index >= 15 is 0 Å². The van der Waals surface area contributed by atoms with E-state index in [1.54, 1.807) is 13.0 Å². The van der Waals surface area contributed by atoms with Crippen molar-refractivity contribution in [3.05, 3.63) is 50.6 Å². The fourth-order valence-corrected chi connectivity index (χ4v) is 4.37. The molecular weight excluding hydrogens is 325 g/mol. The number of thiophene rings is 1. The molecule has 2 rings (SSSR count). The first-order chi connectivity index (χ1) is 8.90. The predicted octanol–water partition coefficient (Wildman–Crippen LogP) is 4.09. The van der Waals surface area contributed by atoms with E-state index in [9.17, 15) is 8.42 Å². The number of sulfonamides is 1. The highest BCUT2D eigenvalue weighted by Gasteiger charge is 2.21. The lowest BCUT2D eigenvalue weighted by Crippen LogP contribution is -2.26. The van der Waals surface area contributed by atoms with Crippen LogP contribution in [0.5, 0.6) is 0 Å². The van der Waals surface area contributed by atoms with Crippen molar-refractivity contribution in [2.75, 3.05) is 0 Å². The maximum Gasteiger partial charge on any atom is 0.242 e. The summed E-state index contributed by atoms with van der Waals surface area (Å²) in [5.74, 6) is 0. The second kappa shape index (κ2) is 5.81. The molecular formula is C12H11Cl2NO2S2. The molecule has 7 heteroatoms. The number of nitrogens with one attached hydrogen (secondary N) is 1. The number of halogens is 2. The first-order valence-electron chi connectivity index (χ1n) is 5.41. The van der Waals surface area contributed by atoms with Crippen molar-refractivity contribution < 1.29 is 8.42 Å². The molecule has 1 heterocycles. The van der Waals surface area contributed by atoms with Crippen molar-refractivity contribution in [3.63, 3.8) is 0 Å². The Morgan fingerprint density at radius 2 is 2.00 bits per heavy atom. The van der Waals surface area contributed by atoms with Crippen LogP contribution < -0.4 is 4.72 Å². The summed E-state index contributed by atoms with van der Waals surface area (Å²) in [6, 6.07) is 7.78. The first-order valence-corrected chi connectivity index (χ1v) is 8.53. The minimum Gasteiger partial charge on any atom is -0.207 e. The number of rotatable bonds is 4. The smallest absolute Gasteiger partial charge is 0.207 e. The van der Waals surface area contributed by atoms with Crippen molar-refractivity contribution in [1.82, 2.24) is 4.72 Å². The summed E-state index contributed by atoms with van der Waals surface area (Å²) < 4.78 is 27.1. The van der Waals surface area contributed by atoms with E-state index in [2.05, 4.69) is 4.72 Å². The molecule has 1 aromatic heterocycles. The summed E-state index contributed by atoms with van der Waals surface area (Å²) >= 11 is 13.2. The fraction of sp³-hybridized carbons (Fsp3) is 0.167. The van der Waals surface area contributed by atoms with Crippen molar-refractivity contribution in [3.8, 4) is 0 Å². The Labute approximate surface area is 126 Å². The Bertz CT molecular complexity index is 669. The summed E-state index contributed by atoms with van der Waals surface area (Å²) in [6.07, 6.45) is 0. The van der Waals surface area contributed by atoms with Gasteiger partial charge in [0, 0.05) is 9.90 Å². The molecule has 19 heavy (non-hydrogen) atoms. The highest BCUT2D eigenvalue weighted by Crippen LogP contribution is 2.27. The Morgan fingerprint density at radius 1 is 1.26 bits per heavy atom. The van der Waals surface area contributed by atoms with Gasteiger partial charge in [-0.1, -0.05) is 29.3 Å². The lowest BCUT2D eigenvalue weighted by molar-refractivity contribution is 0.568. The van der Waals surface area contributed by atoms with Gasteiger partial charge in [-0.25, -0.2) is 13.1 Å². The van der Waals surface area contributed by atoms with Crippen LogP contribution in [0.25, 0.3) is 0 Å². The van der Waals surface area contributed by atoms with Crippen LogP contribution >= 0.6 is 34.5 Å². The summed E-state index contributed by atoms with van der Waals surface area (Å²) in [4.78, 5) is 0.923. The molecule has 0 aliphatic rings. The van der Waals surface area contributed by atoms with Gasteiger partial charge in [-0.05, 0) is 36.6 Å². The number of benzene rings is 1. The van der Waals surface area contributed by atoms with E-state index in [0.717, 1.165) is 4.88 Å². The van der Waals surface area contributed by atoms with Gasteiger partial charge in [0.1, 0.15) is 4.90 Å². The third-order valence-corrected chi connectivity index (χ3v) is 5.80. The lowest BCUT2D eigenvalue weighted by Gasteiger charge is -2.13. The van der Waals surface area contributed by atoms with Crippen LogP contribution in [0.3, 0.4) is 0 Å². The normalized spacial score (nSPS) is 13.4. The van der Waals surface area contributed by atoms with E-state index < -0.39 is 10.0 Å². The van der Waals surface area contributed by atoms with Gasteiger partial charge in [-0.2, -0.15) is 0 Å². The molecule has 1 aromatic carbocycles. The zero-order valence-electron chi connectivity index (χ0n) is 9.93. The predicted molar refractivity (Wildman–Crippen MR) is 79.5 cm³/mol. The zero-order chi connectivity index (χ0) is 14.0. The minimum atomic E-state index is -3.70. The third-order valence-electron chi connectivity index (χ3n) is 2.48. The molecule has 0 fully saturated rings. The molecule has 0 aliphatic heterocycles. The second-order valence-corrected chi connectivity index (χ2v) is 7.44. The zero-order valence-corrected chi connectivity index (χ0v) is 13.1. The second-order valence-electron chi connectivity index (χ2n) is 3.93.